The van der Waals surface area contributed by atoms with Crippen molar-refractivity contribution in [2.45, 2.75) is 32.3 Å². The van der Waals surface area contributed by atoms with Gasteiger partial charge in [0.25, 0.3) is 5.91 Å². The number of aromatic nitrogens is 1. The van der Waals surface area contributed by atoms with Gasteiger partial charge in [0.15, 0.2) is 11.2 Å². The molecule has 1 aromatic heterocycles. The summed E-state index contributed by atoms with van der Waals surface area (Å²) in [5.74, 6) is 1.54. The lowest BCUT2D eigenvalue weighted by Crippen LogP contribution is -2.33. The lowest BCUT2D eigenvalue weighted by atomic mass is 10.1. The maximum atomic E-state index is 12.5. The second kappa shape index (κ2) is 9.12. The SMILES string of the molecule is CCCCC(Oc1cc(OC)cc(OC)c1)C(=O)Nc1nccs1. The van der Waals surface area contributed by atoms with Crippen molar-refractivity contribution in [3.8, 4) is 17.2 Å². The largest absolute Gasteiger partial charge is 0.496 e. The number of benzene rings is 1. The number of unbranched alkanes of at least 4 members (excludes halogenated alkanes) is 1. The Morgan fingerprint density at radius 2 is 1.88 bits per heavy atom. The zero-order valence-corrected chi connectivity index (χ0v) is 14.9. The van der Waals surface area contributed by atoms with Gasteiger partial charge in [-0.25, -0.2) is 4.98 Å². The number of thiazole rings is 1. The molecule has 0 radical (unpaired) electrons. The number of carbonyl (C=O) groups excluding carboxylic acids is 1. The van der Waals surface area contributed by atoms with E-state index in [9.17, 15) is 4.79 Å². The Balaban J connectivity index is 2.14. The van der Waals surface area contributed by atoms with Crippen molar-refractivity contribution in [1.82, 2.24) is 4.98 Å². The van der Waals surface area contributed by atoms with Crippen LogP contribution in [0.4, 0.5) is 5.13 Å². The van der Waals surface area contributed by atoms with Crippen molar-refractivity contribution in [3.05, 3.63) is 29.8 Å². The molecule has 0 aliphatic heterocycles. The van der Waals surface area contributed by atoms with E-state index in [-0.39, 0.29) is 5.91 Å². The van der Waals surface area contributed by atoms with Gasteiger partial charge >= 0.3 is 0 Å². The van der Waals surface area contributed by atoms with Crippen molar-refractivity contribution < 1.29 is 19.0 Å². The number of hydrogen-bond acceptors (Lipinski definition) is 6. The molecule has 1 unspecified atom stereocenters. The summed E-state index contributed by atoms with van der Waals surface area (Å²) in [6.45, 7) is 2.07. The molecule has 0 saturated carbocycles. The Bertz CT molecular complexity index is 624. The number of nitrogens with zero attached hydrogens (tertiary/aromatic N) is 1. The van der Waals surface area contributed by atoms with Crippen LogP contribution in [0.15, 0.2) is 29.8 Å². The van der Waals surface area contributed by atoms with E-state index >= 15 is 0 Å². The fraction of sp³-hybridized carbons (Fsp3) is 0.412. The second-order valence-electron chi connectivity index (χ2n) is 5.12. The predicted octanol–water partition coefficient (Wildman–Crippen LogP) is 3.74. The minimum absolute atomic E-state index is 0.208. The van der Waals surface area contributed by atoms with Gasteiger partial charge in [-0.2, -0.15) is 0 Å². The summed E-state index contributed by atoms with van der Waals surface area (Å²) in [5, 5.41) is 5.16. The molecule has 1 aromatic carbocycles. The second-order valence-corrected chi connectivity index (χ2v) is 6.02. The first-order chi connectivity index (χ1) is 11.7. The molecule has 7 heteroatoms. The normalized spacial score (nSPS) is 11.6. The summed E-state index contributed by atoms with van der Waals surface area (Å²) in [7, 11) is 3.14. The fourth-order valence-electron chi connectivity index (χ4n) is 2.12. The summed E-state index contributed by atoms with van der Waals surface area (Å²) in [4.78, 5) is 16.6. The highest BCUT2D eigenvalue weighted by atomic mass is 32.1. The highest BCUT2D eigenvalue weighted by molar-refractivity contribution is 7.13. The first kappa shape index (κ1) is 18.1. The maximum Gasteiger partial charge on any atom is 0.267 e. The number of rotatable bonds is 9. The van der Waals surface area contributed by atoms with Crippen LogP contribution in [0.3, 0.4) is 0 Å². The van der Waals surface area contributed by atoms with Gasteiger partial charge < -0.3 is 14.2 Å². The number of carbonyl (C=O) groups is 1. The van der Waals surface area contributed by atoms with E-state index < -0.39 is 6.10 Å². The van der Waals surface area contributed by atoms with Gasteiger partial charge in [0.05, 0.1) is 14.2 Å². The molecule has 0 bridgehead atoms. The molecule has 24 heavy (non-hydrogen) atoms. The molecule has 1 atom stereocenters. The summed E-state index contributed by atoms with van der Waals surface area (Å²) < 4.78 is 16.4. The van der Waals surface area contributed by atoms with E-state index in [4.69, 9.17) is 14.2 Å². The quantitative estimate of drug-likeness (QED) is 0.746. The van der Waals surface area contributed by atoms with Crippen LogP contribution in [0.1, 0.15) is 26.2 Å². The average Bonchev–Trinajstić information content (AvgIpc) is 3.10. The molecule has 2 aromatic rings. The Morgan fingerprint density at radius 3 is 2.42 bits per heavy atom. The molecular formula is C17H22N2O4S. The zero-order valence-electron chi connectivity index (χ0n) is 14.1. The van der Waals surface area contributed by atoms with Gasteiger partial charge in [0.2, 0.25) is 0 Å². The summed E-state index contributed by atoms with van der Waals surface area (Å²) in [6.07, 6.45) is 3.52. The highest BCUT2D eigenvalue weighted by Gasteiger charge is 2.21. The molecule has 0 fully saturated rings. The molecule has 1 amide bonds. The van der Waals surface area contributed by atoms with Gasteiger partial charge in [-0.15, -0.1) is 11.3 Å². The van der Waals surface area contributed by atoms with Crippen molar-refractivity contribution >= 4 is 22.4 Å². The lowest BCUT2D eigenvalue weighted by molar-refractivity contribution is -0.123. The van der Waals surface area contributed by atoms with Crippen LogP contribution in [-0.4, -0.2) is 31.2 Å². The average molecular weight is 350 g/mol. The van der Waals surface area contributed by atoms with Crippen LogP contribution < -0.4 is 19.5 Å². The van der Waals surface area contributed by atoms with Crippen LogP contribution in [0.25, 0.3) is 0 Å². The number of nitrogens with one attached hydrogen (secondary N) is 1. The summed E-state index contributed by atoms with van der Waals surface area (Å²) in [5.41, 5.74) is 0. The van der Waals surface area contributed by atoms with Gasteiger partial charge in [-0.05, 0) is 12.8 Å². The summed E-state index contributed by atoms with van der Waals surface area (Å²) >= 11 is 1.37. The van der Waals surface area contributed by atoms with Crippen LogP contribution in [-0.2, 0) is 4.79 Å². The molecule has 1 heterocycles. The number of amides is 1. The van der Waals surface area contributed by atoms with Crippen LogP contribution in [0.2, 0.25) is 0 Å². The van der Waals surface area contributed by atoms with Crippen molar-refractivity contribution in [2.75, 3.05) is 19.5 Å². The third-order valence-corrected chi connectivity index (χ3v) is 4.07. The van der Waals surface area contributed by atoms with Crippen molar-refractivity contribution in [2.24, 2.45) is 0 Å². The van der Waals surface area contributed by atoms with E-state index in [0.29, 0.717) is 28.8 Å². The fourth-order valence-corrected chi connectivity index (χ4v) is 2.65. The third-order valence-electron chi connectivity index (χ3n) is 3.38. The molecule has 0 aliphatic carbocycles. The van der Waals surface area contributed by atoms with Crippen LogP contribution >= 0.6 is 11.3 Å². The number of anilines is 1. The Hall–Kier alpha value is -2.28. The Kier molecular flexibility index (Phi) is 6.87. The molecular weight excluding hydrogens is 328 g/mol. The maximum absolute atomic E-state index is 12.5. The van der Waals surface area contributed by atoms with Crippen molar-refractivity contribution in [1.29, 1.82) is 0 Å². The third kappa shape index (κ3) is 5.13. The van der Waals surface area contributed by atoms with Gasteiger partial charge in [-0.3, -0.25) is 10.1 Å². The molecule has 0 spiro atoms. The smallest absolute Gasteiger partial charge is 0.267 e. The van der Waals surface area contributed by atoms with Gasteiger partial charge in [0.1, 0.15) is 17.2 Å². The topological polar surface area (TPSA) is 69.7 Å². The molecule has 2 rings (SSSR count). The van der Waals surface area contributed by atoms with Gasteiger partial charge in [0, 0.05) is 29.8 Å². The first-order valence-corrected chi connectivity index (χ1v) is 8.64. The molecule has 1 N–H and O–H groups in total. The van der Waals surface area contributed by atoms with Crippen LogP contribution in [0.5, 0.6) is 17.2 Å². The van der Waals surface area contributed by atoms with E-state index in [2.05, 4.69) is 17.2 Å². The predicted molar refractivity (Wildman–Crippen MR) is 94.2 cm³/mol. The number of hydrogen-bond donors (Lipinski definition) is 1. The highest BCUT2D eigenvalue weighted by Crippen LogP contribution is 2.29. The molecule has 130 valence electrons. The number of ether oxygens (including phenoxy) is 3. The monoisotopic (exact) mass is 350 g/mol. The first-order valence-electron chi connectivity index (χ1n) is 7.76. The van der Waals surface area contributed by atoms with Crippen molar-refractivity contribution in [3.63, 3.8) is 0 Å². The summed E-state index contributed by atoms with van der Waals surface area (Å²) in [6, 6.07) is 5.22. The van der Waals surface area contributed by atoms with E-state index in [0.717, 1.165) is 12.8 Å². The Morgan fingerprint density at radius 1 is 1.21 bits per heavy atom. The minimum atomic E-state index is -0.606. The number of methoxy groups -OCH3 is 2. The molecule has 0 aliphatic rings. The van der Waals surface area contributed by atoms with Crippen LogP contribution in [0, 0.1) is 0 Å². The van der Waals surface area contributed by atoms with E-state index in [1.165, 1.54) is 11.3 Å². The Labute approximate surface area is 145 Å². The zero-order chi connectivity index (χ0) is 17.4. The molecule has 0 saturated heterocycles. The van der Waals surface area contributed by atoms with E-state index in [1.807, 2.05) is 5.38 Å². The van der Waals surface area contributed by atoms with Gasteiger partial charge in [-0.1, -0.05) is 13.3 Å². The van der Waals surface area contributed by atoms with E-state index in [1.54, 1.807) is 38.6 Å². The lowest BCUT2D eigenvalue weighted by Gasteiger charge is -2.19. The minimum Gasteiger partial charge on any atom is -0.496 e. The molecule has 6 nitrogen and oxygen atoms in total. The standard InChI is InChI=1S/C17H22N2O4S/c1-4-5-6-15(16(20)19-17-18-7-8-24-17)23-14-10-12(21-2)9-13(11-14)22-3/h7-11,15H,4-6H2,1-3H3,(H,18,19,20).